The van der Waals surface area contributed by atoms with Crippen LogP contribution in [0.1, 0.15) is 42.2 Å². The molecule has 0 radical (unpaired) electrons. The number of oxazole rings is 1. The zero-order valence-corrected chi connectivity index (χ0v) is 16.8. The molecule has 0 aliphatic carbocycles. The van der Waals surface area contributed by atoms with Gasteiger partial charge in [0.25, 0.3) is 11.6 Å². The highest BCUT2D eigenvalue weighted by Gasteiger charge is 2.22. The molecular formula is C20H27N5O4. The lowest BCUT2D eigenvalue weighted by Gasteiger charge is -2.33. The van der Waals surface area contributed by atoms with E-state index in [-0.39, 0.29) is 22.6 Å². The summed E-state index contributed by atoms with van der Waals surface area (Å²) >= 11 is 0. The van der Waals surface area contributed by atoms with E-state index in [0.29, 0.717) is 24.7 Å². The van der Waals surface area contributed by atoms with Crippen LogP contribution in [0.4, 0.5) is 5.69 Å². The minimum atomic E-state index is -0.330. The number of nitro benzene ring substituents is 1. The second kappa shape index (κ2) is 9.62. The molecule has 1 unspecified atom stereocenters. The molecule has 1 amide bonds. The van der Waals surface area contributed by atoms with Gasteiger partial charge in [0.1, 0.15) is 6.26 Å². The second-order valence-electron chi connectivity index (χ2n) is 7.35. The molecule has 0 bridgehead atoms. The van der Waals surface area contributed by atoms with Crippen LogP contribution in [0.15, 0.2) is 34.9 Å². The lowest BCUT2D eigenvalue weighted by atomic mass is 10.1. The van der Waals surface area contributed by atoms with Gasteiger partial charge in [0.15, 0.2) is 5.69 Å². The highest BCUT2D eigenvalue weighted by atomic mass is 16.6. The van der Waals surface area contributed by atoms with Crippen molar-refractivity contribution in [2.45, 2.75) is 39.4 Å². The highest BCUT2D eigenvalue weighted by molar-refractivity contribution is 5.92. The molecule has 1 aromatic heterocycles. The van der Waals surface area contributed by atoms with Crippen molar-refractivity contribution < 1.29 is 14.1 Å². The van der Waals surface area contributed by atoms with E-state index in [0.717, 1.165) is 38.2 Å². The van der Waals surface area contributed by atoms with E-state index >= 15 is 0 Å². The van der Waals surface area contributed by atoms with Gasteiger partial charge in [0.2, 0.25) is 5.89 Å². The zero-order valence-electron chi connectivity index (χ0n) is 16.8. The maximum absolute atomic E-state index is 12.1. The van der Waals surface area contributed by atoms with E-state index in [4.69, 9.17) is 4.42 Å². The number of nitrogens with one attached hydrogen (secondary N) is 1. The number of amides is 1. The molecule has 0 spiro atoms. The predicted octanol–water partition coefficient (Wildman–Crippen LogP) is 2.43. The molecule has 29 heavy (non-hydrogen) atoms. The van der Waals surface area contributed by atoms with Gasteiger partial charge in [0.05, 0.1) is 11.5 Å². The van der Waals surface area contributed by atoms with E-state index in [9.17, 15) is 14.9 Å². The molecule has 1 N–H and O–H groups in total. The lowest BCUT2D eigenvalue weighted by molar-refractivity contribution is -0.385. The van der Waals surface area contributed by atoms with Crippen molar-refractivity contribution in [2.24, 2.45) is 0 Å². The first kappa shape index (κ1) is 20.9. The van der Waals surface area contributed by atoms with Crippen molar-refractivity contribution in [1.29, 1.82) is 0 Å². The molecule has 156 valence electrons. The molecule has 1 fully saturated rings. The molecule has 1 aromatic carbocycles. The summed E-state index contributed by atoms with van der Waals surface area (Å²) in [6.07, 6.45) is 2.25. The Morgan fingerprint density at radius 1 is 1.24 bits per heavy atom. The summed E-state index contributed by atoms with van der Waals surface area (Å²) in [6.45, 7) is 8.26. The van der Waals surface area contributed by atoms with E-state index in [1.807, 2.05) is 26.0 Å². The fourth-order valence-corrected chi connectivity index (χ4v) is 3.25. The third kappa shape index (κ3) is 5.61. The van der Waals surface area contributed by atoms with Crippen molar-refractivity contribution >= 4 is 11.6 Å². The number of nitrogens with zero attached hydrogens (tertiary/aromatic N) is 4. The van der Waals surface area contributed by atoms with Gasteiger partial charge in [-0.3, -0.25) is 24.7 Å². The van der Waals surface area contributed by atoms with Gasteiger partial charge in [-0.15, -0.1) is 0 Å². The fourth-order valence-electron chi connectivity index (χ4n) is 3.25. The number of carbonyl (C=O) groups is 1. The number of aromatic nitrogens is 1. The fraction of sp³-hybridized carbons (Fsp3) is 0.500. The van der Waals surface area contributed by atoms with Gasteiger partial charge in [-0.2, -0.15) is 0 Å². The Kier molecular flexibility index (Phi) is 6.95. The average molecular weight is 401 g/mol. The Bertz CT molecular complexity index is 845. The van der Waals surface area contributed by atoms with Crippen LogP contribution in [0.5, 0.6) is 0 Å². The standard InChI is InChI=1S/C20H27N5O4/c1-3-15(2)21-20(26)17-14-29-19(22-17)13-24-10-8-23(9-11-24)12-16-6-4-5-7-18(16)25(27)28/h4-7,14-15H,3,8-13H2,1-2H3,(H,21,26). The van der Waals surface area contributed by atoms with Crippen molar-refractivity contribution in [3.05, 3.63) is 57.8 Å². The van der Waals surface area contributed by atoms with Crippen LogP contribution in [0, 0.1) is 10.1 Å². The number of para-hydroxylation sites is 1. The van der Waals surface area contributed by atoms with Crippen molar-refractivity contribution in [3.8, 4) is 0 Å². The third-order valence-corrected chi connectivity index (χ3v) is 5.18. The Labute approximate surface area is 169 Å². The average Bonchev–Trinajstić information content (AvgIpc) is 3.18. The Morgan fingerprint density at radius 3 is 2.55 bits per heavy atom. The molecule has 2 heterocycles. The molecule has 0 saturated carbocycles. The topological polar surface area (TPSA) is 105 Å². The number of carbonyl (C=O) groups excluding carboxylic acids is 1. The van der Waals surface area contributed by atoms with Gasteiger partial charge in [-0.25, -0.2) is 4.98 Å². The number of piperazine rings is 1. The number of hydrogen-bond donors (Lipinski definition) is 1. The summed E-state index contributed by atoms with van der Waals surface area (Å²) in [5, 5.41) is 14.1. The number of benzene rings is 1. The number of nitro groups is 1. The van der Waals surface area contributed by atoms with Crippen molar-refractivity contribution in [2.75, 3.05) is 26.2 Å². The summed E-state index contributed by atoms with van der Waals surface area (Å²) in [4.78, 5) is 31.7. The minimum absolute atomic E-state index is 0.0937. The third-order valence-electron chi connectivity index (χ3n) is 5.18. The monoisotopic (exact) mass is 401 g/mol. The smallest absolute Gasteiger partial charge is 0.273 e. The molecule has 1 aliphatic rings. The second-order valence-corrected chi connectivity index (χ2v) is 7.35. The van der Waals surface area contributed by atoms with E-state index in [1.54, 1.807) is 12.1 Å². The van der Waals surface area contributed by atoms with Gasteiger partial charge in [-0.05, 0) is 13.3 Å². The van der Waals surface area contributed by atoms with Crippen LogP contribution >= 0.6 is 0 Å². The Balaban J connectivity index is 1.49. The summed E-state index contributed by atoms with van der Waals surface area (Å²) in [5.41, 5.74) is 1.20. The summed E-state index contributed by atoms with van der Waals surface area (Å²) < 4.78 is 5.47. The lowest BCUT2D eigenvalue weighted by Crippen LogP contribution is -2.45. The molecule has 3 rings (SSSR count). The summed E-state index contributed by atoms with van der Waals surface area (Å²) in [5.74, 6) is 0.301. The van der Waals surface area contributed by atoms with Gasteiger partial charge in [-0.1, -0.05) is 25.1 Å². The molecule has 9 heteroatoms. The molecular weight excluding hydrogens is 374 g/mol. The first-order valence-corrected chi connectivity index (χ1v) is 9.88. The summed E-state index contributed by atoms with van der Waals surface area (Å²) in [7, 11) is 0. The first-order chi connectivity index (χ1) is 14.0. The quantitative estimate of drug-likeness (QED) is 0.535. The Morgan fingerprint density at radius 2 is 1.90 bits per heavy atom. The van der Waals surface area contributed by atoms with Crippen LogP contribution in [-0.2, 0) is 13.1 Å². The minimum Gasteiger partial charge on any atom is -0.447 e. The van der Waals surface area contributed by atoms with Crippen LogP contribution in [0.3, 0.4) is 0 Å². The SMILES string of the molecule is CCC(C)NC(=O)c1coc(CN2CCN(Cc3ccccc3[N+](=O)[O-])CC2)n1. The van der Waals surface area contributed by atoms with Crippen LogP contribution < -0.4 is 5.32 Å². The van der Waals surface area contributed by atoms with Gasteiger partial charge < -0.3 is 9.73 Å². The maximum atomic E-state index is 12.1. The number of rotatable bonds is 8. The Hall–Kier alpha value is -2.78. The largest absolute Gasteiger partial charge is 0.447 e. The zero-order chi connectivity index (χ0) is 20.8. The van der Waals surface area contributed by atoms with Crippen LogP contribution in [-0.4, -0.2) is 57.8 Å². The van der Waals surface area contributed by atoms with E-state index in [2.05, 4.69) is 20.1 Å². The molecule has 1 saturated heterocycles. The van der Waals surface area contributed by atoms with Gasteiger partial charge >= 0.3 is 0 Å². The van der Waals surface area contributed by atoms with E-state index < -0.39 is 0 Å². The maximum Gasteiger partial charge on any atom is 0.273 e. The number of hydrogen-bond acceptors (Lipinski definition) is 7. The van der Waals surface area contributed by atoms with Crippen LogP contribution in [0.25, 0.3) is 0 Å². The molecule has 1 atom stereocenters. The highest BCUT2D eigenvalue weighted by Crippen LogP contribution is 2.20. The predicted molar refractivity (Wildman–Crippen MR) is 107 cm³/mol. The van der Waals surface area contributed by atoms with Crippen molar-refractivity contribution in [1.82, 2.24) is 20.1 Å². The molecule has 1 aliphatic heterocycles. The van der Waals surface area contributed by atoms with Crippen LogP contribution in [0.2, 0.25) is 0 Å². The first-order valence-electron chi connectivity index (χ1n) is 9.88. The van der Waals surface area contributed by atoms with E-state index in [1.165, 1.54) is 6.26 Å². The molecule has 9 nitrogen and oxygen atoms in total. The molecule has 2 aromatic rings. The normalized spacial score (nSPS) is 16.5. The van der Waals surface area contributed by atoms with Gasteiger partial charge in [0, 0.05) is 50.4 Å². The van der Waals surface area contributed by atoms with Crippen molar-refractivity contribution in [3.63, 3.8) is 0 Å². The summed E-state index contributed by atoms with van der Waals surface area (Å²) in [6, 6.07) is 6.96.